The van der Waals surface area contributed by atoms with Gasteiger partial charge in [0.2, 0.25) is 11.8 Å². The van der Waals surface area contributed by atoms with Crippen LogP contribution in [0.1, 0.15) is 11.6 Å². The summed E-state index contributed by atoms with van der Waals surface area (Å²) < 4.78 is 0. The molecule has 2 atom stereocenters. The maximum atomic E-state index is 12.3. The number of benzene rings is 1. The van der Waals surface area contributed by atoms with Crippen LogP contribution < -0.4 is 16.0 Å². The van der Waals surface area contributed by atoms with E-state index in [1.165, 1.54) is 0 Å². The van der Waals surface area contributed by atoms with E-state index >= 15 is 0 Å². The first-order valence-corrected chi connectivity index (χ1v) is 7.06. The maximum Gasteiger partial charge on any atom is 0.239 e. The van der Waals surface area contributed by atoms with Crippen molar-refractivity contribution in [3.8, 4) is 0 Å². The van der Waals surface area contributed by atoms with Crippen LogP contribution in [0.3, 0.4) is 0 Å². The van der Waals surface area contributed by atoms with E-state index in [1.807, 2.05) is 49.3 Å². The molecule has 21 heavy (non-hydrogen) atoms. The highest BCUT2D eigenvalue weighted by atomic mass is 16.2. The van der Waals surface area contributed by atoms with Gasteiger partial charge in [-0.3, -0.25) is 14.9 Å². The number of nitrogens with one attached hydrogen (secondary N) is 3. The number of nitrogens with zero attached hydrogens (tertiary/aromatic N) is 1. The molecule has 0 radical (unpaired) electrons. The third kappa shape index (κ3) is 4.54. The first-order chi connectivity index (χ1) is 10.1. The normalized spacial score (nSPS) is 20.0. The van der Waals surface area contributed by atoms with Gasteiger partial charge >= 0.3 is 0 Å². The molecule has 1 saturated heterocycles. The minimum absolute atomic E-state index is 0.0758. The molecule has 1 aromatic carbocycles. The van der Waals surface area contributed by atoms with Gasteiger partial charge in [0.1, 0.15) is 6.04 Å². The molecule has 114 valence electrons. The second-order valence-electron chi connectivity index (χ2n) is 5.47. The molecule has 2 rings (SSSR count). The molecule has 1 fully saturated rings. The van der Waals surface area contributed by atoms with Crippen LogP contribution in [0.5, 0.6) is 0 Å². The summed E-state index contributed by atoms with van der Waals surface area (Å²) in [5.74, 6) is -0.169. The Hall–Kier alpha value is -1.92. The van der Waals surface area contributed by atoms with E-state index in [9.17, 15) is 9.59 Å². The molecule has 6 heteroatoms. The van der Waals surface area contributed by atoms with Gasteiger partial charge in [-0.1, -0.05) is 30.3 Å². The number of carbonyl (C=O) groups is 2. The monoisotopic (exact) mass is 290 g/mol. The fourth-order valence-corrected chi connectivity index (χ4v) is 2.31. The summed E-state index contributed by atoms with van der Waals surface area (Å²) >= 11 is 0. The molecule has 0 aliphatic carbocycles. The lowest BCUT2D eigenvalue weighted by molar-refractivity contribution is -0.127. The summed E-state index contributed by atoms with van der Waals surface area (Å²) in [6.45, 7) is 1.23. The molecule has 0 bridgehead atoms. The molecule has 1 aliphatic heterocycles. The van der Waals surface area contributed by atoms with Crippen molar-refractivity contribution in [2.75, 3.05) is 33.7 Å². The first-order valence-electron chi connectivity index (χ1n) is 7.06. The maximum absolute atomic E-state index is 12.3. The van der Waals surface area contributed by atoms with E-state index in [1.54, 1.807) is 0 Å². The van der Waals surface area contributed by atoms with Crippen LogP contribution in [0.2, 0.25) is 0 Å². The van der Waals surface area contributed by atoms with Gasteiger partial charge in [0.05, 0.1) is 12.6 Å². The summed E-state index contributed by atoms with van der Waals surface area (Å²) in [6, 6.07) is 9.43. The quantitative estimate of drug-likeness (QED) is 0.683. The van der Waals surface area contributed by atoms with E-state index in [4.69, 9.17) is 0 Å². The van der Waals surface area contributed by atoms with Gasteiger partial charge < -0.3 is 15.5 Å². The third-order valence-corrected chi connectivity index (χ3v) is 3.40. The van der Waals surface area contributed by atoms with Crippen LogP contribution >= 0.6 is 0 Å². The van der Waals surface area contributed by atoms with Crippen LogP contribution in [0.15, 0.2) is 30.3 Å². The van der Waals surface area contributed by atoms with Gasteiger partial charge in [-0.25, -0.2) is 0 Å². The SMILES string of the molecule is CN(C)CC(NC(=O)C1CNC(=O)CN1)c1ccccc1. The lowest BCUT2D eigenvalue weighted by atomic mass is 10.1. The zero-order chi connectivity index (χ0) is 15.2. The minimum Gasteiger partial charge on any atom is -0.353 e. The Morgan fingerprint density at radius 3 is 2.67 bits per heavy atom. The molecule has 1 aliphatic rings. The summed E-state index contributed by atoms with van der Waals surface area (Å²) in [7, 11) is 3.95. The predicted molar refractivity (Wildman–Crippen MR) is 80.7 cm³/mol. The second kappa shape index (κ2) is 7.19. The Labute approximate surface area is 124 Å². The number of piperazine rings is 1. The lowest BCUT2D eigenvalue weighted by Gasteiger charge is -2.28. The average Bonchev–Trinajstić information content (AvgIpc) is 2.47. The van der Waals surface area contributed by atoms with Gasteiger partial charge in [-0.15, -0.1) is 0 Å². The molecule has 1 aromatic rings. The van der Waals surface area contributed by atoms with E-state index in [0.29, 0.717) is 6.54 Å². The van der Waals surface area contributed by atoms with Gasteiger partial charge in [0.25, 0.3) is 0 Å². The summed E-state index contributed by atoms with van der Waals surface area (Å²) in [5, 5.41) is 8.69. The molecule has 0 aromatic heterocycles. The Morgan fingerprint density at radius 1 is 1.38 bits per heavy atom. The topological polar surface area (TPSA) is 73.5 Å². The smallest absolute Gasteiger partial charge is 0.239 e. The van der Waals surface area contributed by atoms with Crippen LogP contribution in [0, 0.1) is 0 Å². The van der Waals surface area contributed by atoms with Crippen LogP contribution in [0.25, 0.3) is 0 Å². The molecule has 0 spiro atoms. The average molecular weight is 290 g/mol. The van der Waals surface area contributed by atoms with E-state index in [-0.39, 0.29) is 30.4 Å². The number of hydrogen-bond donors (Lipinski definition) is 3. The molecule has 1 heterocycles. The number of carbonyl (C=O) groups excluding carboxylic acids is 2. The molecule has 2 amide bonds. The minimum atomic E-state index is -0.379. The number of hydrogen-bond acceptors (Lipinski definition) is 4. The van der Waals surface area contributed by atoms with Crippen molar-refractivity contribution in [3.63, 3.8) is 0 Å². The number of likely N-dealkylation sites (N-methyl/N-ethyl adjacent to an activating group) is 1. The first kappa shape index (κ1) is 15.5. The van der Waals surface area contributed by atoms with Crippen molar-refractivity contribution in [2.24, 2.45) is 0 Å². The van der Waals surface area contributed by atoms with Gasteiger partial charge in [0, 0.05) is 13.1 Å². The van der Waals surface area contributed by atoms with Crippen molar-refractivity contribution in [1.82, 2.24) is 20.9 Å². The highest BCUT2D eigenvalue weighted by Gasteiger charge is 2.26. The van der Waals surface area contributed by atoms with E-state index in [0.717, 1.165) is 12.1 Å². The zero-order valence-electron chi connectivity index (χ0n) is 12.4. The number of amides is 2. The summed E-state index contributed by atoms with van der Waals surface area (Å²) in [6.07, 6.45) is 0. The van der Waals surface area contributed by atoms with E-state index < -0.39 is 0 Å². The van der Waals surface area contributed by atoms with Crippen LogP contribution in [-0.2, 0) is 9.59 Å². The van der Waals surface area contributed by atoms with Crippen molar-refractivity contribution in [1.29, 1.82) is 0 Å². The Bertz CT molecular complexity index is 480. The van der Waals surface area contributed by atoms with Crippen molar-refractivity contribution in [2.45, 2.75) is 12.1 Å². The standard InChI is InChI=1S/C15H22N4O2/c1-19(2)10-13(11-6-4-3-5-7-11)18-15(21)12-8-17-14(20)9-16-12/h3-7,12-13,16H,8-10H2,1-2H3,(H,17,20)(H,18,21). The van der Waals surface area contributed by atoms with Crippen LogP contribution in [-0.4, -0.2) is 56.5 Å². The molecule has 3 N–H and O–H groups in total. The number of rotatable bonds is 5. The van der Waals surface area contributed by atoms with Crippen LogP contribution in [0.4, 0.5) is 0 Å². The van der Waals surface area contributed by atoms with Gasteiger partial charge in [-0.05, 0) is 19.7 Å². The zero-order valence-corrected chi connectivity index (χ0v) is 12.4. The largest absolute Gasteiger partial charge is 0.353 e. The fourth-order valence-electron chi connectivity index (χ4n) is 2.31. The summed E-state index contributed by atoms with van der Waals surface area (Å²) in [4.78, 5) is 25.5. The second-order valence-corrected chi connectivity index (χ2v) is 5.47. The van der Waals surface area contributed by atoms with E-state index in [2.05, 4.69) is 16.0 Å². The Kier molecular flexibility index (Phi) is 5.30. The van der Waals surface area contributed by atoms with Gasteiger partial charge in [-0.2, -0.15) is 0 Å². The molecular formula is C15H22N4O2. The molecule has 0 saturated carbocycles. The molecular weight excluding hydrogens is 268 g/mol. The third-order valence-electron chi connectivity index (χ3n) is 3.40. The van der Waals surface area contributed by atoms with Gasteiger partial charge in [0.15, 0.2) is 0 Å². The Morgan fingerprint density at radius 2 is 2.10 bits per heavy atom. The fraction of sp³-hybridized carbons (Fsp3) is 0.467. The highest BCUT2D eigenvalue weighted by molar-refractivity contribution is 5.87. The van der Waals surface area contributed by atoms with Crippen molar-refractivity contribution < 1.29 is 9.59 Å². The summed E-state index contributed by atoms with van der Waals surface area (Å²) in [5.41, 5.74) is 1.07. The van der Waals surface area contributed by atoms with Crippen molar-refractivity contribution in [3.05, 3.63) is 35.9 Å². The molecule has 6 nitrogen and oxygen atoms in total. The predicted octanol–water partition coefficient (Wildman–Crippen LogP) is -0.506. The highest BCUT2D eigenvalue weighted by Crippen LogP contribution is 2.13. The lowest BCUT2D eigenvalue weighted by Crippen LogP contribution is -2.58. The Balaban J connectivity index is 2.01. The molecule has 2 unspecified atom stereocenters. The van der Waals surface area contributed by atoms with Crippen molar-refractivity contribution >= 4 is 11.8 Å².